The first-order valence-electron chi connectivity index (χ1n) is 7.77. The summed E-state index contributed by atoms with van der Waals surface area (Å²) in [4.78, 5) is 12.6. The van der Waals surface area contributed by atoms with E-state index in [4.69, 9.17) is 4.74 Å². The summed E-state index contributed by atoms with van der Waals surface area (Å²) in [6, 6.07) is 12.5. The molecule has 1 aromatic rings. The minimum absolute atomic E-state index is 0.287. The van der Waals surface area contributed by atoms with Crippen molar-refractivity contribution in [2.24, 2.45) is 16.7 Å². The molecule has 0 radical (unpaired) electrons. The Bertz CT molecular complexity index is 846. The monoisotopic (exact) mass is 336 g/mol. The van der Waals surface area contributed by atoms with E-state index in [0.29, 0.717) is 11.3 Å². The van der Waals surface area contributed by atoms with Crippen molar-refractivity contribution in [3.8, 4) is 24.0 Å². The van der Waals surface area contributed by atoms with Crippen LogP contribution in [0.15, 0.2) is 24.3 Å². The van der Waals surface area contributed by atoms with Gasteiger partial charge < -0.3 is 15.2 Å². The van der Waals surface area contributed by atoms with Crippen LogP contribution in [0.3, 0.4) is 0 Å². The van der Waals surface area contributed by atoms with Gasteiger partial charge in [-0.3, -0.25) is 4.79 Å². The maximum atomic E-state index is 12.6. The van der Waals surface area contributed by atoms with E-state index in [1.54, 1.807) is 31.2 Å². The second-order valence-corrected chi connectivity index (χ2v) is 6.64. The van der Waals surface area contributed by atoms with Crippen molar-refractivity contribution in [2.75, 3.05) is 7.11 Å². The summed E-state index contributed by atoms with van der Waals surface area (Å²) in [5, 5.41) is 42.9. The van der Waals surface area contributed by atoms with E-state index in [1.165, 1.54) is 7.11 Å². The Morgan fingerprint density at radius 1 is 1.20 bits per heavy atom. The number of ether oxygens (including phenoxy) is 1. The van der Waals surface area contributed by atoms with Crippen molar-refractivity contribution >= 4 is 5.91 Å². The minimum atomic E-state index is -1.93. The average Bonchev–Trinajstić information content (AvgIpc) is 2.89. The third-order valence-electron chi connectivity index (χ3n) is 5.66. The molecule has 2 aliphatic rings. The van der Waals surface area contributed by atoms with Crippen molar-refractivity contribution in [1.82, 2.24) is 5.32 Å². The molecular weight excluding hydrogens is 320 g/mol. The zero-order valence-corrected chi connectivity index (χ0v) is 13.8. The van der Waals surface area contributed by atoms with Crippen LogP contribution >= 0.6 is 0 Å². The summed E-state index contributed by atoms with van der Waals surface area (Å²) in [6.45, 7) is 1.67. The van der Waals surface area contributed by atoms with E-state index >= 15 is 0 Å². The number of carbonyl (C=O) groups is 1. The van der Waals surface area contributed by atoms with E-state index in [1.807, 2.05) is 18.2 Å². The molecule has 0 unspecified atom stereocenters. The second-order valence-electron chi connectivity index (χ2n) is 6.64. The quantitative estimate of drug-likeness (QED) is 0.834. The van der Waals surface area contributed by atoms with Gasteiger partial charge in [-0.25, -0.2) is 0 Å². The molecule has 3 rings (SSSR count). The molecule has 1 aliphatic carbocycles. The first kappa shape index (κ1) is 16.8. The molecule has 2 bridgehead atoms. The molecule has 1 saturated heterocycles. The molecule has 2 fully saturated rings. The van der Waals surface area contributed by atoms with Crippen LogP contribution in [-0.2, 0) is 4.79 Å². The molecular formula is C18H16N4O3. The average molecular weight is 336 g/mol. The van der Waals surface area contributed by atoms with Crippen LogP contribution < -0.4 is 10.1 Å². The smallest absolute Gasteiger partial charge is 0.245 e. The largest absolute Gasteiger partial charge is 0.497 e. The van der Waals surface area contributed by atoms with E-state index in [2.05, 4.69) is 5.32 Å². The minimum Gasteiger partial charge on any atom is -0.497 e. The first-order chi connectivity index (χ1) is 11.8. The van der Waals surface area contributed by atoms with Crippen LogP contribution in [-0.4, -0.2) is 23.8 Å². The number of rotatable bonds is 2. The van der Waals surface area contributed by atoms with E-state index in [0.717, 1.165) is 0 Å². The number of hydrogen-bond donors (Lipinski definition) is 2. The molecule has 1 aromatic carbocycles. The van der Waals surface area contributed by atoms with Crippen molar-refractivity contribution in [3.63, 3.8) is 0 Å². The Morgan fingerprint density at radius 3 is 2.28 bits per heavy atom. The van der Waals surface area contributed by atoms with Gasteiger partial charge >= 0.3 is 0 Å². The molecule has 1 heterocycles. The van der Waals surface area contributed by atoms with Gasteiger partial charge in [0.25, 0.3) is 0 Å². The highest BCUT2D eigenvalue weighted by atomic mass is 16.5. The van der Waals surface area contributed by atoms with Gasteiger partial charge in [-0.05, 0) is 17.7 Å². The topological polar surface area (TPSA) is 130 Å². The van der Waals surface area contributed by atoms with Crippen LogP contribution in [0.25, 0.3) is 0 Å². The van der Waals surface area contributed by atoms with Crippen LogP contribution in [0.5, 0.6) is 5.75 Å². The Labute approximate surface area is 145 Å². The Kier molecular flexibility index (Phi) is 3.49. The molecule has 1 saturated carbocycles. The molecule has 7 nitrogen and oxygen atoms in total. The standard InChI is InChI=1S/C18H16N4O3/c1-11-14(12-3-5-13(25-2)6-4-12)17(9-20,10-21)16(8-19)7-18(11,24)22-15(16)23/h3-6,11,14,24H,7H2,1-2H3,(H,22,23)/t11-,14-,16-,18+/m0/s1. The van der Waals surface area contributed by atoms with Gasteiger partial charge in [0.15, 0.2) is 10.8 Å². The van der Waals surface area contributed by atoms with Gasteiger partial charge in [0.05, 0.1) is 25.3 Å². The maximum Gasteiger partial charge on any atom is 0.245 e. The fourth-order valence-corrected chi connectivity index (χ4v) is 4.22. The summed E-state index contributed by atoms with van der Waals surface area (Å²) in [5.41, 5.74) is -4.90. The van der Waals surface area contributed by atoms with Crippen molar-refractivity contribution in [3.05, 3.63) is 29.8 Å². The van der Waals surface area contributed by atoms with Gasteiger partial charge in [-0.15, -0.1) is 0 Å². The van der Waals surface area contributed by atoms with Crippen LogP contribution in [0.4, 0.5) is 0 Å². The molecule has 126 valence electrons. The lowest BCUT2D eigenvalue weighted by Crippen LogP contribution is -2.56. The number of aliphatic hydroxyl groups is 1. The number of benzene rings is 1. The summed E-state index contributed by atoms with van der Waals surface area (Å²) in [7, 11) is 1.52. The third kappa shape index (κ3) is 1.83. The third-order valence-corrected chi connectivity index (χ3v) is 5.66. The zero-order valence-electron chi connectivity index (χ0n) is 13.8. The van der Waals surface area contributed by atoms with Gasteiger partial charge in [0.2, 0.25) is 5.91 Å². The SMILES string of the molecule is COc1ccc([C@@H]2[C@H](C)[C@]3(O)C[C@](C#N)(C(=O)N3)C2(C#N)C#N)cc1. The van der Waals surface area contributed by atoms with E-state index in [-0.39, 0.29) is 6.42 Å². The molecule has 4 atom stereocenters. The number of methoxy groups -OCH3 is 1. The Morgan fingerprint density at radius 2 is 1.80 bits per heavy atom. The molecule has 7 heteroatoms. The number of nitriles is 3. The second kappa shape index (κ2) is 5.21. The van der Waals surface area contributed by atoms with Crippen LogP contribution in [0.1, 0.15) is 24.8 Å². The van der Waals surface area contributed by atoms with Crippen molar-refractivity contribution in [2.45, 2.75) is 25.0 Å². The van der Waals surface area contributed by atoms with Crippen molar-refractivity contribution in [1.29, 1.82) is 15.8 Å². The molecule has 1 amide bonds. The highest BCUT2D eigenvalue weighted by Crippen LogP contribution is 2.64. The first-order valence-corrected chi connectivity index (χ1v) is 7.77. The highest BCUT2D eigenvalue weighted by Gasteiger charge is 2.76. The summed E-state index contributed by atoms with van der Waals surface area (Å²) in [6.07, 6.45) is -0.287. The Hall–Kier alpha value is -3.08. The number of fused-ring (bicyclic) bond motifs is 2. The van der Waals surface area contributed by atoms with E-state index in [9.17, 15) is 25.7 Å². The molecule has 1 aliphatic heterocycles. The lowest BCUT2D eigenvalue weighted by atomic mass is 9.49. The highest BCUT2D eigenvalue weighted by molar-refractivity contribution is 5.92. The lowest BCUT2D eigenvalue weighted by molar-refractivity contribution is -0.128. The number of hydrogen-bond acceptors (Lipinski definition) is 6. The molecule has 0 aromatic heterocycles. The summed E-state index contributed by atoms with van der Waals surface area (Å²) >= 11 is 0. The van der Waals surface area contributed by atoms with Gasteiger partial charge in [-0.1, -0.05) is 19.1 Å². The predicted octanol–water partition coefficient (Wildman–Crippen LogP) is 1.18. The normalized spacial score (nSPS) is 35.0. The number of carbonyl (C=O) groups excluding carboxylic acids is 1. The fourth-order valence-electron chi connectivity index (χ4n) is 4.22. The zero-order chi connectivity index (χ0) is 18.5. The molecule has 25 heavy (non-hydrogen) atoms. The Balaban J connectivity index is 2.28. The summed E-state index contributed by atoms with van der Waals surface area (Å²) in [5.74, 6) is -1.65. The number of nitrogens with zero attached hydrogens (tertiary/aromatic N) is 3. The predicted molar refractivity (Wildman–Crippen MR) is 84.3 cm³/mol. The van der Waals surface area contributed by atoms with Gasteiger partial charge in [-0.2, -0.15) is 15.8 Å². The van der Waals surface area contributed by atoms with Crippen LogP contribution in [0, 0.1) is 50.7 Å². The molecule has 0 spiro atoms. The van der Waals surface area contributed by atoms with E-state index < -0.39 is 34.3 Å². The van der Waals surface area contributed by atoms with Crippen molar-refractivity contribution < 1.29 is 14.6 Å². The van der Waals surface area contributed by atoms with Gasteiger partial charge in [0, 0.05) is 18.3 Å². The van der Waals surface area contributed by atoms with Gasteiger partial charge in [0.1, 0.15) is 11.5 Å². The lowest BCUT2D eigenvalue weighted by Gasteiger charge is -2.48. The fraction of sp³-hybridized carbons (Fsp3) is 0.444. The maximum absolute atomic E-state index is 12.6. The van der Waals surface area contributed by atoms with Crippen LogP contribution in [0.2, 0.25) is 0 Å². The summed E-state index contributed by atoms with van der Waals surface area (Å²) < 4.78 is 5.12. The molecule has 2 N–H and O–H groups in total. The number of nitrogens with one attached hydrogen (secondary N) is 1. The number of amides is 1.